The molecule has 0 fully saturated rings. The summed E-state index contributed by atoms with van der Waals surface area (Å²) in [5.41, 5.74) is -0.0660. The summed E-state index contributed by atoms with van der Waals surface area (Å²) >= 11 is 0. The number of carboxylic acid groups (broad SMARTS) is 1. The quantitative estimate of drug-likeness (QED) is 0.622. The summed E-state index contributed by atoms with van der Waals surface area (Å²) in [5, 5.41) is 35.3. The largest absolute Gasteiger partial charge is 0.516 e. The normalized spacial score (nSPS) is 10.2. The second-order valence-electron chi connectivity index (χ2n) is 3.59. The Morgan fingerprint density at radius 3 is 2.16 bits per heavy atom. The topological polar surface area (TPSA) is 98.0 Å². The smallest absolute Gasteiger partial charge is 0.339 e. The fourth-order valence-electron chi connectivity index (χ4n) is 1.45. The van der Waals surface area contributed by atoms with Gasteiger partial charge >= 0.3 is 5.97 Å². The van der Waals surface area contributed by atoms with Gasteiger partial charge in [-0.05, 0) is 29.0 Å². The van der Waals surface area contributed by atoms with Crippen molar-refractivity contribution < 1.29 is 25.2 Å². The number of benzene rings is 2. The molecule has 4 N–H and O–H groups in total. The molecule has 0 heterocycles. The standard InChI is InChI=1S/C11H8O3.C3H6O2/c12-10-6-8-4-2-1-3-7(8)5-9(10)11(13)14;4-2-1-3-5/h1-6,12H,(H,13,14);1-2,4-5H,3H2. The van der Waals surface area contributed by atoms with Crippen molar-refractivity contribution in [3.8, 4) is 5.75 Å². The highest BCUT2D eigenvalue weighted by Crippen LogP contribution is 2.24. The number of fused-ring (bicyclic) bond motifs is 1. The van der Waals surface area contributed by atoms with E-state index in [1.165, 1.54) is 18.2 Å². The lowest BCUT2D eigenvalue weighted by molar-refractivity contribution is 0.0694. The molecule has 0 unspecified atom stereocenters. The highest BCUT2D eigenvalue weighted by atomic mass is 16.4. The Labute approximate surface area is 109 Å². The van der Waals surface area contributed by atoms with Gasteiger partial charge in [-0.1, -0.05) is 24.3 Å². The molecule has 2 aromatic rings. The average molecular weight is 262 g/mol. The van der Waals surface area contributed by atoms with Gasteiger partial charge in [0.05, 0.1) is 12.9 Å². The van der Waals surface area contributed by atoms with E-state index in [9.17, 15) is 9.90 Å². The van der Waals surface area contributed by atoms with Crippen molar-refractivity contribution in [2.45, 2.75) is 0 Å². The molecule has 0 saturated carbocycles. The molecule has 19 heavy (non-hydrogen) atoms. The minimum Gasteiger partial charge on any atom is -0.516 e. The van der Waals surface area contributed by atoms with Gasteiger partial charge < -0.3 is 20.4 Å². The monoisotopic (exact) mass is 262 g/mol. The average Bonchev–Trinajstić information content (AvgIpc) is 2.39. The molecule has 0 atom stereocenters. The molecule has 0 spiro atoms. The van der Waals surface area contributed by atoms with Crippen molar-refractivity contribution in [2.24, 2.45) is 0 Å². The molecule has 0 bridgehead atoms. The third-order valence-corrected chi connectivity index (χ3v) is 2.31. The summed E-state index contributed by atoms with van der Waals surface area (Å²) in [6.07, 6.45) is 2.04. The first-order valence-corrected chi connectivity index (χ1v) is 5.45. The summed E-state index contributed by atoms with van der Waals surface area (Å²) < 4.78 is 0. The van der Waals surface area contributed by atoms with Crippen LogP contribution in [0.5, 0.6) is 5.75 Å². The maximum Gasteiger partial charge on any atom is 0.339 e. The van der Waals surface area contributed by atoms with E-state index in [0.29, 0.717) is 0 Å². The number of aliphatic hydroxyl groups is 2. The first-order valence-electron chi connectivity index (χ1n) is 5.45. The van der Waals surface area contributed by atoms with Crippen LogP contribution in [0, 0.1) is 0 Å². The van der Waals surface area contributed by atoms with Gasteiger partial charge in [-0.15, -0.1) is 0 Å². The molecule has 0 aliphatic carbocycles. The van der Waals surface area contributed by atoms with Gasteiger partial charge in [0.2, 0.25) is 0 Å². The predicted octanol–water partition coefficient (Wildman–Crippen LogP) is 2.29. The van der Waals surface area contributed by atoms with E-state index < -0.39 is 5.97 Å². The second-order valence-corrected chi connectivity index (χ2v) is 3.59. The lowest BCUT2D eigenvalue weighted by Crippen LogP contribution is -1.96. The SMILES string of the molecule is O=C(O)c1cc2ccccc2cc1O.OC=CCO. The van der Waals surface area contributed by atoms with E-state index in [-0.39, 0.29) is 17.9 Å². The Kier molecular flexibility index (Phi) is 5.37. The van der Waals surface area contributed by atoms with E-state index in [2.05, 4.69) is 0 Å². The van der Waals surface area contributed by atoms with E-state index in [1.54, 1.807) is 6.07 Å². The predicted molar refractivity (Wildman–Crippen MR) is 71.4 cm³/mol. The van der Waals surface area contributed by atoms with Crippen molar-refractivity contribution in [3.05, 3.63) is 54.3 Å². The van der Waals surface area contributed by atoms with Gasteiger partial charge in [-0.3, -0.25) is 0 Å². The zero-order valence-electron chi connectivity index (χ0n) is 10.0. The zero-order valence-corrected chi connectivity index (χ0v) is 10.0. The first-order chi connectivity index (χ1) is 9.10. The lowest BCUT2D eigenvalue weighted by atomic mass is 10.1. The minimum atomic E-state index is -1.12. The molecule has 2 aromatic carbocycles. The number of carboxylic acids is 1. The van der Waals surface area contributed by atoms with E-state index in [0.717, 1.165) is 17.0 Å². The maximum absolute atomic E-state index is 10.7. The van der Waals surface area contributed by atoms with Gasteiger partial charge in [0, 0.05) is 0 Å². The molecule has 0 amide bonds. The fraction of sp³-hybridized carbons (Fsp3) is 0.0714. The van der Waals surface area contributed by atoms with Gasteiger partial charge in [0.25, 0.3) is 0 Å². The fourth-order valence-corrected chi connectivity index (χ4v) is 1.45. The van der Waals surface area contributed by atoms with Crippen LogP contribution in [0.15, 0.2) is 48.7 Å². The van der Waals surface area contributed by atoms with Crippen LogP contribution in [0.1, 0.15) is 10.4 Å². The van der Waals surface area contributed by atoms with Crippen LogP contribution in [-0.2, 0) is 0 Å². The third-order valence-electron chi connectivity index (χ3n) is 2.31. The van der Waals surface area contributed by atoms with Gasteiger partial charge in [0.1, 0.15) is 11.3 Å². The molecule has 100 valence electrons. The summed E-state index contributed by atoms with van der Waals surface area (Å²) in [7, 11) is 0. The Bertz CT molecular complexity index is 589. The molecule has 0 aliphatic rings. The Hall–Kier alpha value is -2.53. The molecule has 0 saturated heterocycles. The third kappa shape index (κ3) is 4.01. The highest BCUT2D eigenvalue weighted by molar-refractivity contribution is 5.97. The van der Waals surface area contributed by atoms with Crippen LogP contribution in [0.4, 0.5) is 0 Å². The van der Waals surface area contributed by atoms with Crippen molar-refractivity contribution >= 4 is 16.7 Å². The van der Waals surface area contributed by atoms with E-state index in [1.807, 2.05) is 18.2 Å². The molecule has 2 rings (SSSR count). The maximum atomic E-state index is 10.7. The van der Waals surface area contributed by atoms with Crippen molar-refractivity contribution in [1.29, 1.82) is 0 Å². The Morgan fingerprint density at radius 2 is 1.74 bits per heavy atom. The van der Waals surface area contributed by atoms with Crippen LogP contribution < -0.4 is 0 Å². The summed E-state index contributed by atoms with van der Waals surface area (Å²) in [6.45, 7) is -0.0868. The number of hydrogen-bond acceptors (Lipinski definition) is 4. The molecule has 0 aromatic heterocycles. The second kappa shape index (κ2) is 7.03. The molecule has 5 nitrogen and oxygen atoms in total. The number of aromatic hydroxyl groups is 1. The van der Waals surface area contributed by atoms with E-state index in [4.69, 9.17) is 15.3 Å². The number of aliphatic hydroxyl groups excluding tert-OH is 2. The summed E-state index contributed by atoms with van der Waals surface area (Å²) in [6, 6.07) is 10.2. The van der Waals surface area contributed by atoms with Crippen LogP contribution in [0.25, 0.3) is 10.8 Å². The Balaban J connectivity index is 0.000000312. The Morgan fingerprint density at radius 1 is 1.16 bits per heavy atom. The van der Waals surface area contributed by atoms with Crippen molar-refractivity contribution in [3.63, 3.8) is 0 Å². The molecule has 0 radical (unpaired) electrons. The van der Waals surface area contributed by atoms with Crippen LogP contribution in [-0.4, -0.2) is 33.0 Å². The first kappa shape index (κ1) is 14.5. The number of hydrogen-bond donors (Lipinski definition) is 4. The van der Waals surface area contributed by atoms with Crippen molar-refractivity contribution in [2.75, 3.05) is 6.61 Å². The number of carbonyl (C=O) groups is 1. The van der Waals surface area contributed by atoms with Crippen LogP contribution >= 0.6 is 0 Å². The summed E-state index contributed by atoms with van der Waals surface area (Å²) in [4.78, 5) is 10.7. The number of phenols is 1. The van der Waals surface area contributed by atoms with Gasteiger partial charge in [-0.2, -0.15) is 0 Å². The van der Waals surface area contributed by atoms with Crippen molar-refractivity contribution in [1.82, 2.24) is 0 Å². The number of aromatic carboxylic acids is 1. The van der Waals surface area contributed by atoms with Crippen LogP contribution in [0.3, 0.4) is 0 Å². The summed E-state index contributed by atoms with van der Waals surface area (Å²) in [5.74, 6) is -1.32. The highest BCUT2D eigenvalue weighted by Gasteiger charge is 2.09. The van der Waals surface area contributed by atoms with E-state index >= 15 is 0 Å². The molecule has 0 aliphatic heterocycles. The van der Waals surface area contributed by atoms with Gasteiger partial charge in [-0.25, -0.2) is 4.79 Å². The lowest BCUT2D eigenvalue weighted by Gasteiger charge is -2.02. The van der Waals surface area contributed by atoms with Gasteiger partial charge in [0.15, 0.2) is 0 Å². The molecular weight excluding hydrogens is 248 g/mol. The molecule has 5 heteroatoms. The molecular formula is C14H14O5. The number of rotatable bonds is 2. The van der Waals surface area contributed by atoms with Crippen LogP contribution in [0.2, 0.25) is 0 Å². The minimum absolute atomic E-state index is 0.0660. The zero-order chi connectivity index (χ0) is 14.3.